The first-order chi connectivity index (χ1) is 13.0. The van der Waals surface area contributed by atoms with E-state index in [9.17, 15) is 9.59 Å². The zero-order valence-electron chi connectivity index (χ0n) is 14.6. The van der Waals surface area contributed by atoms with E-state index in [4.69, 9.17) is 23.2 Å². The van der Waals surface area contributed by atoms with Crippen LogP contribution in [0.1, 0.15) is 6.42 Å². The van der Waals surface area contributed by atoms with Gasteiger partial charge in [0, 0.05) is 36.9 Å². The summed E-state index contributed by atoms with van der Waals surface area (Å²) in [6.45, 7) is 3.12. The highest BCUT2D eigenvalue weighted by molar-refractivity contribution is 6.38. The van der Waals surface area contributed by atoms with Gasteiger partial charge >= 0.3 is 0 Å². The number of rotatable bonds is 3. The molecule has 0 aliphatic carbocycles. The second-order valence-electron chi connectivity index (χ2n) is 6.74. The molecule has 0 aromatic heterocycles. The first-order valence-corrected chi connectivity index (χ1v) is 9.66. The van der Waals surface area contributed by atoms with Gasteiger partial charge in [-0.3, -0.25) is 14.5 Å². The van der Waals surface area contributed by atoms with Crippen LogP contribution in [0.3, 0.4) is 0 Å². The van der Waals surface area contributed by atoms with Crippen LogP contribution in [0.2, 0.25) is 10.0 Å². The zero-order chi connectivity index (χ0) is 19.0. The number of hydrogen-bond donors (Lipinski definition) is 0. The molecule has 0 N–H and O–H groups in total. The SMILES string of the molecule is O=C1C[C@H](N2CCN(c3ccccc3)CC2)C(=O)N1c1ccc(Cl)cc1Cl. The van der Waals surface area contributed by atoms with Crippen LogP contribution in [-0.2, 0) is 9.59 Å². The largest absolute Gasteiger partial charge is 0.369 e. The third kappa shape index (κ3) is 3.55. The molecule has 0 radical (unpaired) electrons. The average molecular weight is 404 g/mol. The van der Waals surface area contributed by atoms with Crippen molar-refractivity contribution in [3.63, 3.8) is 0 Å². The van der Waals surface area contributed by atoms with Crippen LogP contribution in [-0.4, -0.2) is 48.9 Å². The summed E-state index contributed by atoms with van der Waals surface area (Å²) >= 11 is 12.1. The quantitative estimate of drug-likeness (QED) is 0.736. The predicted molar refractivity (Wildman–Crippen MR) is 108 cm³/mol. The molecule has 4 rings (SSSR count). The average Bonchev–Trinajstić information content (AvgIpc) is 2.97. The number of carbonyl (C=O) groups is 2. The lowest BCUT2D eigenvalue weighted by molar-refractivity contribution is -0.123. The van der Waals surface area contributed by atoms with Crippen LogP contribution in [0.25, 0.3) is 0 Å². The van der Waals surface area contributed by atoms with Crippen molar-refractivity contribution in [2.75, 3.05) is 36.0 Å². The number of para-hydroxylation sites is 1. The van der Waals surface area contributed by atoms with E-state index < -0.39 is 6.04 Å². The number of anilines is 2. The summed E-state index contributed by atoms with van der Waals surface area (Å²) in [6.07, 6.45) is 0.184. The predicted octanol–water partition coefficient (Wildman–Crippen LogP) is 3.45. The number of carbonyl (C=O) groups excluding carboxylic acids is 2. The summed E-state index contributed by atoms with van der Waals surface area (Å²) in [5.74, 6) is -0.433. The molecule has 5 nitrogen and oxygen atoms in total. The molecule has 0 unspecified atom stereocenters. The van der Waals surface area contributed by atoms with E-state index in [1.807, 2.05) is 18.2 Å². The molecule has 2 heterocycles. The minimum absolute atomic E-state index is 0.184. The third-order valence-corrected chi connectivity index (χ3v) is 5.69. The Kier molecular flexibility index (Phi) is 5.08. The first kappa shape index (κ1) is 18.3. The maximum Gasteiger partial charge on any atom is 0.251 e. The summed E-state index contributed by atoms with van der Waals surface area (Å²) in [4.78, 5) is 31.1. The minimum Gasteiger partial charge on any atom is -0.369 e. The van der Waals surface area contributed by atoms with Crippen LogP contribution in [0, 0.1) is 0 Å². The first-order valence-electron chi connectivity index (χ1n) is 8.90. The molecule has 2 fully saturated rings. The van der Waals surface area contributed by atoms with Crippen molar-refractivity contribution in [1.29, 1.82) is 0 Å². The second kappa shape index (κ2) is 7.50. The van der Waals surface area contributed by atoms with Gasteiger partial charge in [0.1, 0.15) is 0 Å². The number of benzene rings is 2. The number of halogens is 2. The molecule has 2 aliphatic rings. The van der Waals surface area contributed by atoms with Gasteiger partial charge in [-0.25, -0.2) is 4.90 Å². The molecule has 2 aliphatic heterocycles. The van der Waals surface area contributed by atoms with Gasteiger partial charge in [-0.05, 0) is 30.3 Å². The lowest BCUT2D eigenvalue weighted by Gasteiger charge is -2.38. The topological polar surface area (TPSA) is 43.9 Å². The molecular weight excluding hydrogens is 385 g/mol. The molecule has 140 valence electrons. The molecule has 2 saturated heterocycles. The molecule has 1 atom stereocenters. The standard InChI is InChI=1S/C20H19Cl2N3O2/c21-14-6-7-17(16(22)12-14)25-19(26)13-18(20(25)27)24-10-8-23(9-11-24)15-4-2-1-3-5-15/h1-7,12,18H,8-11,13H2/t18-/m0/s1. The van der Waals surface area contributed by atoms with Gasteiger partial charge in [-0.2, -0.15) is 0 Å². The Balaban J connectivity index is 1.46. The van der Waals surface area contributed by atoms with Crippen LogP contribution in [0.5, 0.6) is 0 Å². The summed E-state index contributed by atoms with van der Waals surface area (Å²) in [5.41, 5.74) is 1.59. The molecular formula is C20H19Cl2N3O2. The molecule has 2 aromatic carbocycles. The van der Waals surface area contributed by atoms with Gasteiger partial charge in [-0.15, -0.1) is 0 Å². The fourth-order valence-electron chi connectivity index (χ4n) is 3.75. The Hall–Kier alpha value is -2.08. The van der Waals surface area contributed by atoms with E-state index in [1.54, 1.807) is 18.2 Å². The molecule has 7 heteroatoms. The van der Waals surface area contributed by atoms with Crippen molar-refractivity contribution in [2.45, 2.75) is 12.5 Å². The Morgan fingerprint density at radius 1 is 0.889 bits per heavy atom. The van der Waals surface area contributed by atoms with Gasteiger partial charge in [0.25, 0.3) is 5.91 Å². The molecule has 2 amide bonds. The Morgan fingerprint density at radius 3 is 2.26 bits per heavy atom. The molecule has 27 heavy (non-hydrogen) atoms. The smallest absolute Gasteiger partial charge is 0.251 e. The second-order valence-corrected chi connectivity index (χ2v) is 7.59. The van der Waals surface area contributed by atoms with Crippen molar-refractivity contribution in [2.24, 2.45) is 0 Å². The van der Waals surface area contributed by atoms with Gasteiger partial charge in [0.2, 0.25) is 5.91 Å². The van der Waals surface area contributed by atoms with Gasteiger partial charge in [0.15, 0.2) is 0 Å². The highest BCUT2D eigenvalue weighted by Crippen LogP contribution is 2.33. The number of piperazine rings is 1. The van der Waals surface area contributed by atoms with Gasteiger partial charge in [-0.1, -0.05) is 41.4 Å². The number of hydrogen-bond acceptors (Lipinski definition) is 4. The summed E-state index contributed by atoms with van der Waals surface area (Å²) in [5, 5.41) is 0.773. The van der Waals surface area contributed by atoms with Crippen LogP contribution in [0.4, 0.5) is 11.4 Å². The Bertz CT molecular complexity index is 867. The number of amides is 2. The van der Waals surface area contributed by atoms with Crippen molar-refractivity contribution in [3.05, 3.63) is 58.6 Å². The maximum absolute atomic E-state index is 13.0. The van der Waals surface area contributed by atoms with Crippen LogP contribution in [0.15, 0.2) is 48.5 Å². The highest BCUT2D eigenvalue weighted by Gasteiger charge is 2.43. The fraction of sp³-hybridized carbons (Fsp3) is 0.300. The van der Waals surface area contributed by atoms with Gasteiger partial charge in [0.05, 0.1) is 23.2 Å². The van der Waals surface area contributed by atoms with E-state index in [2.05, 4.69) is 21.9 Å². The van der Waals surface area contributed by atoms with E-state index >= 15 is 0 Å². The van der Waals surface area contributed by atoms with Crippen molar-refractivity contribution >= 4 is 46.4 Å². The van der Waals surface area contributed by atoms with Crippen LogP contribution >= 0.6 is 23.2 Å². The number of nitrogens with zero attached hydrogens (tertiary/aromatic N) is 3. The van der Waals surface area contributed by atoms with E-state index in [1.165, 1.54) is 10.6 Å². The minimum atomic E-state index is -0.429. The Labute approximate surface area is 168 Å². The van der Waals surface area contributed by atoms with Crippen molar-refractivity contribution in [3.8, 4) is 0 Å². The molecule has 0 saturated carbocycles. The van der Waals surface area contributed by atoms with Gasteiger partial charge < -0.3 is 4.90 Å². The summed E-state index contributed by atoms with van der Waals surface area (Å²) in [7, 11) is 0. The summed E-state index contributed by atoms with van der Waals surface area (Å²) < 4.78 is 0. The van der Waals surface area contributed by atoms with Crippen LogP contribution < -0.4 is 9.80 Å². The highest BCUT2D eigenvalue weighted by atomic mass is 35.5. The molecule has 0 bridgehead atoms. The zero-order valence-corrected chi connectivity index (χ0v) is 16.2. The number of imide groups is 1. The van der Waals surface area contributed by atoms with E-state index in [-0.39, 0.29) is 18.2 Å². The summed E-state index contributed by atoms with van der Waals surface area (Å²) in [6, 6.07) is 14.6. The monoisotopic (exact) mass is 403 g/mol. The normalized spacial score (nSPS) is 21.2. The molecule has 2 aromatic rings. The lowest BCUT2D eigenvalue weighted by atomic mass is 10.1. The fourth-order valence-corrected chi connectivity index (χ4v) is 4.24. The Morgan fingerprint density at radius 2 is 1.59 bits per heavy atom. The van der Waals surface area contributed by atoms with E-state index in [0.717, 1.165) is 26.2 Å². The third-order valence-electron chi connectivity index (χ3n) is 5.15. The van der Waals surface area contributed by atoms with Crippen molar-refractivity contribution < 1.29 is 9.59 Å². The van der Waals surface area contributed by atoms with Crippen molar-refractivity contribution in [1.82, 2.24) is 4.90 Å². The van der Waals surface area contributed by atoms with E-state index in [0.29, 0.717) is 15.7 Å². The maximum atomic E-state index is 13.0. The lowest BCUT2D eigenvalue weighted by Crippen LogP contribution is -2.52. The molecule has 0 spiro atoms.